The Morgan fingerprint density at radius 1 is 0.864 bits per heavy atom. The zero-order chi connectivity index (χ0) is 14.8. The van der Waals surface area contributed by atoms with E-state index in [9.17, 15) is 0 Å². The molecule has 2 aromatic carbocycles. The van der Waals surface area contributed by atoms with Crippen LogP contribution in [0.25, 0.3) is 0 Å². The molecule has 0 saturated heterocycles. The van der Waals surface area contributed by atoms with Crippen LogP contribution in [0, 0.1) is 0 Å². The molecule has 0 spiro atoms. The lowest BCUT2D eigenvalue weighted by molar-refractivity contribution is 0.501. The van der Waals surface area contributed by atoms with Crippen LogP contribution in [0.4, 0.5) is 5.69 Å². The lowest BCUT2D eigenvalue weighted by Crippen LogP contribution is -2.17. The Kier molecular flexibility index (Phi) is 3.24. The Bertz CT molecular complexity index is 764. The molecule has 1 unspecified atom stereocenters. The first-order valence-electron chi connectivity index (χ1n) is 7.42. The summed E-state index contributed by atoms with van der Waals surface area (Å²) in [6, 6.07) is 24.5. The van der Waals surface area contributed by atoms with Gasteiger partial charge in [0, 0.05) is 0 Å². The van der Waals surface area contributed by atoms with E-state index >= 15 is 0 Å². The predicted octanol–water partition coefficient (Wildman–Crippen LogP) is 4.29. The summed E-state index contributed by atoms with van der Waals surface area (Å²) in [5.74, 6) is 1.11. The molecule has 22 heavy (non-hydrogen) atoms. The van der Waals surface area contributed by atoms with Crippen LogP contribution in [-0.2, 0) is 0 Å². The van der Waals surface area contributed by atoms with Gasteiger partial charge in [-0.2, -0.15) is 5.10 Å². The van der Waals surface area contributed by atoms with Crippen molar-refractivity contribution in [3.05, 3.63) is 90.4 Å². The van der Waals surface area contributed by atoms with Crippen LogP contribution in [-0.4, -0.2) is 12.3 Å². The van der Waals surface area contributed by atoms with Crippen molar-refractivity contribution in [2.24, 2.45) is 5.10 Å². The van der Waals surface area contributed by atoms with Crippen molar-refractivity contribution in [1.29, 1.82) is 0 Å². The Hall–Kier alpha value is -2.81. The normalized spacial score (nSPS) is 17.5. The van der Waals surface area contributed by atoms with Gasteiger partial charge in [0.1, 0.15) is 5.76 Å². The second kappa shape index (κ2) is 5.53. The Morgan fingerprint density at radius 3 is 2.27 bits per heavy atom. The van der Waals surface area contributed by atoms with Crippen molar-refractivity contribution in [2.45, 2.75) is 5.92 Å². The molecule has 0 radical (unpaired) electrons. The monoisotopic (exact) mass is 288 g/mol. The van der Waals surface area contributed by atoms with E-state index < -0.39 is 0 Å². The third-order valence-corrected chi connectivity index (χ3v) is 3.92. The number of anilines is 1. The molecule has 0 N–H and O–H groups in total. The molecule has 0 saturated carbocycles. The molecule has 1 atom stereocenters. The highest BCUT2D eigenvalue weighted by molar-refractivity contribution is 6.07. The number of para-hydroxylation sites is 1. The third-order valence-electron chi connectivity index (χ3n) is 3.92. The van der Waals surface area contributed by atoms with Gasteiger partial charge in [-0.05, 0) is 29.8 Å². The number of rotatable bonds is 3. The summed E-state index contributed by atoms with van der Waals surface area (Å²) in [5.41, 5.74) is 3.30. The largest absolute Gasteiger partial charge is 0.469 e. The van der Waals surface area contributed by atoms with Gasteiger partial charge in [-0.1, -0.05) is 48.5 Å². The molecule has 2 heterocycles. The summed E-state index contributed by atoms with van der Waals surface area (Å²) in [6.45, 7) is 0.793. The second-order valence-corrected chi connectivity index (χ2v) is 5.34. The summed E-state index contributed by atoms with van der Waals surface area (Å²) in [4.78, 5) is 0. The van der Waals surface area contributed by atoms with Gasteiger partial charge in [-0.3, -0.25) is 5.01 Å². The van der Waals surface area contributed by atoms with Crippen LogP contribution in [0.2, 0.25) is 0 Å². The fourth-order valence-corrected chi connectivity index (χ4v) is 2.85. The summed E-state index contributed by atoms with van der Waals surface area (Å²) >= 11 is 0. The molecule has 108 valence electrons. The standard InChI is InChI=1S/C19H16N2O/c1-3-8-15(9-4-1)19-17(18-12-7-13-22-18)14-21(20-19)16-10-5-2-6-11-16/h1-13,17H,14H2. The van der Waals surface area contributed by atoms with Crippen molar-refractivity contribution in [2.75, 3.05) is 11.6 Å². The molecule has 0 fully saturated rings. The van der Waals surface area contributed by atoms with Gasteiger partial charge in [0.25, 0.3) is 0 Å². The van der Waals surface area contributed by atoms with Crippen molar-refractivity contribution in [1.82, 2.24) is 0 Å². The van der Waals surface area contributed by atoms with Gasteiger partial charge in [0.05, 0.1) is 30.1 Å². The minimum Gasteiger partial charge on any atom is -0.469 e. The maximum Gasteiger partial charge on any atom is 0.114 e. The number of benzene rings is 2. The van der Waals surface area contributed by atoms with E-state index in [1.807, 2.05) is 48.5 Å². The number of nitrogens with zero attached hydrogens (tertiary/aromatic N) is 2. The number of hydrazone groups is 1. The van der Waals surface area contributed by atoms with E-state index in [1.165, 1.54) is 0 Å². The fourth-order valence-electron chi connectivity index (χ4n) is 2.85. The smallest absolute Gasteiger partial charge is 0.114 e. The molecule has 0 amide bonds. The molecule has 0 bridgehead atoms. The van der Waals surface area contributed by atoms with E-state index in [-0.39, 0.29) is 5.92 Å². The van der Waals surface area contributed by atoms with Gasteiger partial charge in [-0.15, -0.1) is 0 Å². The molecule has 3 heteroatoms. The minimum atomic E-state index is 0.151. The van der Waals surface area contributed by atoms with Crippen molar-refractivity contribution in [3.8, 4) is 0 Å². The Labute approximate surface area is 129 Å². The summed E-state index contributed by atoms with van der Waals surface area (Å²) < 4.78 is 5.65. The molecule has 3 aromatic rings. The van der Waals surface area contributed by atoms with Crippen molar-refractivity contribution >= 4 is 11.4 Å². The lowest BCUT2D eigenvalue weighted by Gasteiger charge is -2.14. The van der Waals surface area contributed by atoms with Crippen LogP contribution < -0.4 is 5.01 Å². The highest BCUT2D eigenvalue weighted by Gasteiger charge is 2.31. The van der Waals surface area contributed by atoms with E-state index in [1.54, 1.807) is 6.26 Å². The first-order valence-corrected chi connectivity index (χ1v) is 7.42. The molecule has 1 aliphatic heterocycles. The van der Waals surface area contributed by atoms with Crippen molar-refractivity contribution < 1.29 is 4.42 Å². The van der Waals surface area contributed by atoms with Gasteiger partial charge >= 0.3 is 0 Å². The fraction of sp³-hybridized carbons (Fsp3) is 0.105. The zero-order valence-electron chi connectivity index (χ0n) is 12.1. The zero-order valence-corrected chi connectivity index (χ0v) is 12.1. The Balaban J connectivity index is 1.75. The predicted molar refractivity (Wildman–Crippen MR) is 88.2 cm³/mol. The van der Waals surface area contributed by atoms with Crippen molar-refractivity contribution in [3.63, 3.8) is 0 Å². The third kappa shape index (κ3) is 2.31. The van der Waals surface area contributed by atoms with Crippen LogP contribution in [0.1, 0.15) is 17.2 Å². The molecule has 4 rings (SSSR count). The van der Waals surface area contributed by atoms with Gasteiger partial charge in [0.15, 0.2) is 0 Å². The molecule has 3 nitrogen and oxygen atoms in total. The van der Waals surface area contributed by atoms with Crippen LogP contribution in [0.15, 0.2) is 88.6 Å². The second-order valence-electron chi connectivity index (χ2n) is 5.34. The first-order chi connectivity index (χ1) is 10.9. The van der Waals surface area contributed by atoms with E-state index in [0.717, 1.165) is 29.3 Å². The first kappa shape index (κ1) is 12.9. The average Bonchev–Trinajstić information content (AvgIpc) is 3.26. The highest BCUT2D eigenvalue weighted by Crippen LogP contribution is 2.31. The van der Waals surface area contributed by atoms with E-state index in [4.69, 9.17) is 9.52 Å². The minimum absolute atomic E-state index is 0.151. The molecular formula is C19H16N2O. The van der Waals surface area contributed by atoms with Crippen LogP contribution in [0.5, 0.6) is 0 Å². The highest BCUT2D eigenvalue weighted by atomic mass is 16.3. The average molecular weight is 288 g/mol. The van der Waals surface area contributed by atoms with E-state index in [2.05, 4.69) is 29.3 Å². The summed E-state index contributed by atoms with van der Waals surface area (Å²) in [5, 5.41) is 6.91. The van der Waals surface area contributed by atoms with Crippen LogP contribution >= 0.6 is 0 Å². The quantitative estimate of drug-likeness (QED) is 0.719. The van der Waals surface area contributed by atoms with Gasteiger partial charge in [-0.25, -0.2) is 0 Å². The van der Waals surface area contributed by atoms with Gasteiger partial charge < -0.3 is 4.42 Å². The maximum atomic E-state index is 5.65. The lowest BCUT2D eigenvalue weighted by atomic mass is 9.95. The van der Waals surface area contributed by atoms with E-state index in [0.29, 0.717) is 0 Å². The summed E-state index contributed by atoms with van der Waals surface area (Å²) in [6.07, 6.45) is 1.73. The molecule has 0 aliphatic carbocycles. The number of furan rings is 1. The number of hydrogen-bond acceptors (Lipinski definition) is 3. The topological polar surface area (TPSA) is 28.7 Å². The SMILES string of the molecule is c1ccc(C2=NN(c3ccccc3)CC2c2ccco2)cc1. The Morgan fingerprint density at radius 2 is 1.59 bits per heavy atom. The molecular weight excluding hydrogens is 272 g/mol. The summed E-state index contributed by atoms with van der Waals surface area (Å²) in [7, 11) is 0. The maximum absolute atomic E-state index is 5.65. The van der Waals surface area contributed by atoms with Gasteiger partial charge in [0.2, 0.25) is 0 Å². The molecule has 1 aliphatic rings. The van der Waals surface area contributed by atoms with Crippen LogP contribution in [0.3, 0.4) is 0 Å². The molecule has 1 aromatic heterocycles. The number of hydrogen-bond donors (Lipinski definition) is 0.